The molecule has 0 spiro atoms. The highest BCUT2D eigenvalue weighted by molar-refractivity contribution is 6.12. The zero-order valence-electron chi connectivity index (χ0n) is 14.8. The van der Waals surface area contributed by atoms with E-state index in [1.807, 2.05) is 42.5 Å². The van der Waals surface area contributed by atoms with Gasteiger partial charge in [-0.25, -0.2) is 14.6 Å². The van der Waals surface area contributed by atoms with E-state index in [1.165, 1.54) is 14.2 Å². The van der Waals surface area contributed by atoms with Crippen molar-refractivity contribution in [1.29, 1.82) is 0 Å². The van der Waals surface area contributed by atoms with Gasteiger partial charge in [-0.15, -0.1) is 0 Å². The maximum Gasteiger partial charge on any atom is 0.341 e. The molecule has 0 aliphatic rings. The number of benzene rings is 1. The fourth-order valence-corrected chi connectivity index (χ4v) is 3.27. The van der Waals surface area contributed by atoms with E-state index in [4.69, 9.17) is 14.5 Å². The van der Waals surface area contributed by atoms with Gasteiger partial charge in [0, 0.05) is 11.6 Å². The van der Waals surface area contributed by atoms with Crippen LogP contribution in [0.4, 0.5) is 0 Å². The molecule has 0 aliphatic heterocycles. The molecular weight excluding hydrogens is 344 g/mol. The lowest BCUT2D eigenvalue weighted by molar-refractivity contribution is 0.0558. The van der Waals surface area contributed by atoms with Gasteiger partial charge in [0.05, 0.1) is 36.6 Å². The molecule has 134 valence electrons. The smallest absolute Gasteiger partial charge is 0.341 e. The molecule has 0 atom stereocenters. The number of para-hydroxylation sites is 1. The van der Waals surface area contributed by atoms with E-state index < -0.39 is 11.9 Å². The first-order chi connectivity index (χ1) is 13.2. The lowest BCUT2D eigenvalue weighted by Gasteiger charge is -2.07. The molecule has 0 radical (unpaired) electrons. The molecule has 0 saturated heterocycles. The molecule has 0 bridgehead atoms. The summed E-state index contributed by atoms with van der Waals surface area (Å²) >= 11 is 0. The van der Waals surface area contributed by atoms with Crippen molar-refractivity contribution >= 4 is 28.4 Å². The van der Waals surface area contributed by atoms with Crippen LogP contribution in [0.2, 0.25) is 0 Å². The van der Waals surface area contributed by atoms with Crippen molar-refractivity contribution in [2.24, 2.45) is 0 Å². The summed E-state index contributed by atoms with van der Waals surface area (Å²) in [4.78, 5) is 29.8. The van der Waals surface area contributed by atoms with Crippen LogP contribution >= 0.6 is 0 Å². The summed E-state index contributed by atoms with van der Waals surface area (Å²) in [5, 5.41) is 0.981. The fourth-order valence-electron chi connectivity index (χ4n) is 3.27. The van der Waals surface area contributed by atoms with Crippen LogP contribution in [-0.4, -0.2) is 35.5 Å². The van der Waals surface area contributed by atoms with Crippen molar-refractivity contribution in [3.05, 3.63) is 71.9 Å². The van der Waals surface area contributed by atoms with Gasteiger partial charge in [0.1, 0.15) is 11.1 Å². The quantitative estimate of drug-likeness (QED) is 0.521. The Morgan fingerprint density at radius 2 is 1.56 bits per heavy atom. The van der Waals surface area contributed by atoms with Gasteiger partial charge in [0.15, 0.2) is 0 Å². The molecule has 6 nitrogen and oxygen atoms in total. The number of hydrogen-bond acceptors (Lipinski definition) is 5. The first kappa shape index (κ1) is 16.8. The van der Waals surface area contributed by atoms with Gasteiger partial charge in [-0.3, -0.25) is 0 Å². The van der Waals surface area contributed by atoms with E-state index in [2.05, 4.69) is 0 Å². The monoisotopic (exact) mass is 360 g/mol. The molecule has 3 aromatic heterocycles. The molecule has 0 unspecified atom stereocenters. The Bertz CT molecular complexity index is 1190. The summed E-state index contributed by atoms with van der Waals surface area (Å²) < 4.78 is 11.6. The predicted molar refractivity (Wildman–Crippen MR) is 101 cm³/mol. The summed E-state index contributed by atoms with van der Waals surface area (Å²) in [5.41, 5.74) is 2.69. The third kappa shape index (κ3) is 2.62. The van der Waals surface area contributed by atoms with Crippen molar-refractivity contribution in [1.82, 2.24) is 9.38 Å². The van der Waals surface area contributed by atoms with Gasteiger partial charge < -0.3 is 13.9 Å². The molecule has 0 aliphatic carbocycles. The first-order valence-corrected chi connectivity index (χ1v) is 8.31. The van der Waals surface area contributed by atoms with Crippen LogP contribution < -0.4 is 0 Å². The number of esters is 2. The largest absolute Gasteiger partial charge is 0.465 e. The Labute approximate surface area is 155 Å². The summed E-state index contributed by atoms with van der Waals surface area (Å²) in [6, 6.07) is 16.8. The number of carbonyl (C=O) groups is 2. The summed E-state index contributed by atoms with van der Waals surface area (Å²) in [7, 11) is 2.56. The zero-order chi connectivity index (χ0) is 19.0. The third-order valence-electron chi connectivity index (χ3n) is 4.46. The molecule has 1 aromatic carbocycles. The summed E-state index contributed by atoms with van der Waals surface area (Å²) in [6.45, 7) is 0. The average molecular weight is 360 g/mol. The van der Waals surface area contributed by atoms with Gasteiger partial charge >= 0.3 is 11.9 Å². The van der Waals surface area contributed by atoms with E-state index >= 15 is 0 Å². The van der Waals surface area contributed by atoms with E-state index in [9.17, 15) is 9.59 Å². The number of nitrogens with zero attached hydrogens (tertiary/aromatic N) is 2. The minimum absolute atomic E-state index is 0.137. The van der Waals surface area contributed by atoms with Gasteiger partial charge in [-0.2, -0.15) is 0 Å². The third-order valence-corrected chi connectivity index (χ3v) is 4.46. The highest BCUT2D eigenvalue weighted by Gasteiger charge is 2.30. The summed E-state index contributed by atoms with van der Waals surface area (Å²) in [5.74, 6) is -1.23. The van der Waals surface area contributed by atoms with Crippen LogP contribution in [0.25, 0.3) is 27.8 Å². The average Bonchev–Trinajstić information content (AvgIpc) is 3.07. The van der Waals surface area contributed by atoms with E-state index in [0.29, 0.717) is 16.9 Å². The van der Waals surface area contributed by atoms with Gasteiger partial charge in [0.25, 0.3) is 0 Å². The zero-order valence-corrected chi connectivity index (χ0v) is 14.8. The SMILES string of the molecule is COC(=O)c1c(C(=O)OC)c2ccccn2c1-c1ccc2ccccc2n1. The Morgan fingerprint density at radius 1 is 0.852 bits per heavy atom. The number of carbonyl (C=O) groups excluding carboxylic acids is 2. The number of aromatic nitrogens is 2. The van der Waals surface area contributed by atoms with Crippen LogP contribution in [0.1, 0.15) is 20.7 Å². The Hall–Kier alpha value is -3.67. The number of ether oxygens (including phenoxy) is 2. The number of pyridine rings is 2. The molecule has 6 heteroatoms. The van der Waals surface area contributed by atoms with Crippen molar-refractivity contribution in [2.75, 3.05) is 14.2 Å². The van der Waals surface area contributed by atoms with Crippen LogP contribution in [-0.2, 0) is 9.47 Å². The van der Waals surface area contributed by atoms with Crippen molar-refractivity contribution in [3.8, 4) is 11.4 Å². The first-order valence-electron chi connectivity index (χ1n) is 8.31. The maximum atomic E-state index is 12.6. The van der Waals surface area contributed by atoms with Gasteiger partial charge in [0.2, 0.25) is 0 Å². The molecule has 0 saturated carbocycles. The number of methoxy groups -OCH3 is 2. The standard InChI is InChI=1S/C21H16N2O4/c1-26-20(24)17-16-9-5-6-12-23(16)19(18(17)21(25)27-2)15-11-10-13-7-3-4-8-14(13)22-15/h3-12H,1-2H3. The number of fused-ring (bicyclic) bond motifs is 2. The Morgan fingerprint density at radius 3 is 2.33 bits per heavy atom. The number of hydrogen-bond donors (Lipinski definition) is 0. The van der Waals surface area contributed by atoms with Crippen LogP contribution in [0, 0.1) is 0 Å². The fraction of sp³-hybridized carbons (Fsp3) is 0.0952. The van der Waals surface area contributed by atoms with E-state index in [-0.39, 0.29) is 11.1 Å². The lowest BCUT2D eigenvalue weighted by atomic mass is 10.1. The van der Waals surface area contributed by atoms with Crippen molar-refractivity contribution in [3.63, 3.8) is 0 Å². The minimum atomic E-state index is -0.621. The van der Waals surface area contributed by atoms with E-state index in [0.717, 1.165) is 10.9 Å². The Kier molecular flexibility index (Phi) is 4.08. The molecule has 0 fully saturated rings. The molecular formula is C21H16N2O4. The number of rotatable bonds is 3. The van der Waals surface area contributed by atoms with Crippen molar-refractivity contribution in [2.45, 2.75) is 0 Å². The van der Waals surface area contributed by atoms with E-state index in [1.54, 1.807) is 22.7 Å². The van der Waals surface area contributed by atoms with Crippen molar-refractivity contribution < 1.29 is 19.1 Å². The molecule has 4 rings (SSSR count). The second kappa shape index (κ2) is 6.57. The minimum Gasteiger partial charge on any atom is -0.465 e. The predicted octanol–water partition coefficient (Wildman–Crippen LogP) is 3.73. The Balaban J connectivity index is 2.12. The topological polar surface area (TPSA) is 69.9 Å². The summed E-state index contributed by atoms with van der Waals surface area (Å²) in [6.07, 6.45) is 1.78. The van der Waals surface area contributed by atoms with Gasteiger partial charge in [-0.05, 0) is 24.3 Å². The second-order valence-corrected chi connectivity index (χ2v) is 5.93. The maximum absolute atomic E-state index is 12.6. The van der Waals surface area contributed by atoms with Crippen LogP contribution in [0.3, 0.4) is 0 Å². The van der Waals surface area contributed by atoms with Crippen LogP contribution in [0.15, 0.2) is 60.8 Å². The molecule has 0 N–H and O–H groups in total. The molecule has 4 aromatic rings. The van der Waals surface area contributed by atoms with Gasteiger partial charge in [-0.1, -0.05) is 30.3 Å². The normalized spacial score (nSPS) is 10.9. The highest BCUT2D eigenvalue weighted by atomic mass is 16.5. The lowest BCUT2D eigenvalue weighted by Crippen LogP contribution is -2.10. The molecule has 0 amide bonds. The molecule has 27 heavy (non-hydrogen) atoms. The van der Waals surface area contributed by atoms with Crippen LogP contribution in [0.5, 0.6) is 0 Å². The molecule has 3 heterocycles. The highest BCUT2D eigenvalue weighted by Crippen LogP contribution is 2.33. The second-order valence-electron chi connectivity index (χ2n) is 5.93.